The lowest BCUT2D eigenvalue weighted by molar-refractivity contribution is -0.133. The molecule has 0 fully saturated rings. The van der Waals surface area contributed by atoms with Crippen LogP contribution in [0, 0.1) is 0 Å². The van der Waals surface area contributed by atoms with Gasteiger partial charge in [0, 0.05) is 9.31 Å². The first-order valence-electron chi connectivity index (χ1n) is 4.50. The molecule has 14 heavy (non-hydrogen) atoms. The molecule has 1 aliphatic heterocycles. The SMILES string of the molecule is CCCC(Br)C1=C/C(=C(\C)Br)OC1=O. The third kappa shape index (κ3) is 2.70. The van der Waals surface area contributed by atoms with Crippen molar-refractivity contribution in [2.24, 2.45) is 0 Å². The highest BCUT2D eigenvalue weighted by molar-refractivity contribution is 9.11. The van der Waals surface area contributed by atoms with Crippen LogP contribution in [0.4, 0.5) is 0 Å². The van der Waals surface area contributed by atoms with Gasteiger partial charge in [0.15, 0.2) is 0 Å². The lowest BCUT2D eigenvalue weighted by atomic mass is 10.1. The monoisotopic (exact) mass is 322 g/mol. The topological polar surface area (TPSA) is 26.3 Å². The fraction of sp³-hybridized carbons (Fsp3) is 0.500. The Balaban J connectivity index is 2.84. The first-order chi connectivity index (χ1) is 6.56. The van der Waals surface area contributed by atoms with Gasteiger partial charge in [-0.15, -0.1) is 0 Å². The zero-order valence-electron chi connectivity index (χ0n) is 8.14. The Morgan fingerprint density at radius 2 is 2.29 bits per heavy atom. The van der Waals surface area contributed by atoms with E-state index in [1.54, 1.807) is 6.08 Å². The van der Waals surface area contributed by atoms with Gasteiger partial charge in [-0.25, -0.2) is 4.79 Å². The van der Waals surface area contributed by atoms with Crippen molar-refractivity contribution >= 4 is 37.8 Å². The molecule has 0 bridgehead atoms. The first-order valence-corrected chi connectivity index (χ1v) is 6.21. The largest absolute Gasteiger partial charge is 0.422 e. The van der Waals surface area contributed by atoms with Crippen LogP contribution in [0.2, 0.25) is 0 Å². The van der Waals surface area contributed by atoms with Gasteiger partial charge in [-0.2, -0.15) is 0 Å². The van der Waals surface area contributed by atoms with Gasteiger partial charge >= 0.3 is 5.97 Å². The molecule has 0 amide bonds. The van der Waals surface area contributed by atoms with E-state index in [2.05, 4.69) is 38.8 Å². The molecule has 0 radical (unpaired) electrons. The zero-order chi connectivity index (χ0) is 10.7. The third-order valence-corrected chi connectivity index (χ3v) is 3.29. The zero-order valence-corrected chi connectivity index (χ0v) is 11.3. The number of cyclic esters (lactones) is 1. The Hall–Kier alpha value is -0.0900. The predicted octanol–water partition coefficient (Wildman–Crippen LogP) is 3.66. The van der Waals surface area contributed by atoms with Gasteiger partial charge in [-0.3, -0.25) is 0 Å². The molecular formula is C10H12Br2O2. The van der Waals surface area contributed by atoms with Gasteiger partial charge in [0.25, 0.3) is 0 Å². The fourth-order valence-corrected chi connectivity index (χ4v) is 2.16. The predicted molar refractivity (Wildman–Crippen MR) is 63.4 cm³/mol. The van der Waals surface area contributed by atoms with Crippen LogP contribution in [0.5, 0.6) is 0 Å². The van der Waals surface area contributed by atoms with Gasteiger partial charge in [0.2, 0.25) is 0 Å². The lowest BCUT2D eigenvalue weighted by Crippen LogP contribution is -2.09. The van der Waals surface area contributed by atoms with E-state index in [1.807, 2.05) is 6.92 Å². The molecule has 2 nitrogen and oxygen atoms in total. The number of hydrogen-bond acceptors (Lipinski definition) is 2. The Morgan fingerprint density at radius 1 is 1.64 bits per heavy atom. The van der Waals surface area contributed by atoms with Gasteiger partial charge in [-0.1, -0.05) is 45.2 Å². The van der Waals surface area contributed by atoms with E-state index in [4.69, 9.17) is 4.74 Å². The average Bonchev–Trinajstić information content (AvgIpc) is 2.48. The molecule has 1 atom stereocenters. The molecule has 1 heterocycles. The van der Waals surface area contributed by atoms with Crippen molar-refractivity contribution in [3.8, 4) is 0 Å². The molecular weight excluding hydrogens is 312 g/mol. The van der Waals surface area contributed by atoms with Crippen LogP contribution in [0.25, 0.3) is 0 Å². The highest BCUT2D eigenvalue weighted by Gasteiger charge is 2.27. The van der Waals surface area contributed by atoms with Crippen molar-refractivity contribution in [1.82, 2.24) is 0 Å². The van der Waals surface area contributed by atoms with E-state index in [9.17, 15) is 4.79 Å². The fourth-order valence-electron chi connectivity index (χ4n) is 1.19. The van der Waals surface area contributed by atoms with E-state index in [0.717, 1.165) is 17.3 Å². The van der Waals surface area contributed by atoms with Crippen LogP contribution < -0.4 is 0 Å². The highest BCUT2D eigenvalue weighted by Crippen LogP contribution is 2.29. The summed E-state index contributed by atoms with van der Waals surface area (Å²) in [6, 6.07) is 0. The standard InChI is InChI=1S/C10H12Br2O2/c1-3-4-8(12)7-5-9(6(2)11)14-10(7)13/h5,8H,3-4H2,1-2H3/b9-6-. The Kier molecular flexibility index (Phi) is 4.38. The summed E-state index contributed by atoms with van der Waals surface area (Å²) in [5.41, 5.74) is 0.709. The summed E-state index contributed by atoms with van der Waals surface area (Å²) in [6.07, 6.45) is 3.77. The minimum atomic E-state index is -0.242. The van der Waals surface area contributed by atoms with Gasteiger partial charge in [-0.05, 0) is 19.4 Å². The molecule has 0 N–H and O–H groups in total. The van der Waals surface area contributed by atoms with Gasteiger partial charge < -0.3 is 4.74 Å². The molecule has 0 aromatic heterocycles. The lowest BCUT2D eigenvalue weighted by Gasteiger charge is -2.05. The van der Waals surface area contributed by atoms with Crippen molar-refractivity contribution in [3.63, 3.8) is 0 Å². The highest BCUT2D eigenvalue weighted by atomic mass is 79.9. The molecule has 0 aromatic carbocycles. The Morgan fingerprint density at radius 3 is 2.71 bits per heavy atom. The number of esters is 1. The second kappa shape index (κ2) is 5.12. The maximum absolute atomic E-state index is 11.4. The molecule has 0 saturated carbocycles. The molecule has 0 spiro atoms. The second-order valence-electron chi connectivity index (χ2n) is 3.14. The number of carbonyl (C=O) groups is 1. The molecule has 0 aliphatic carbocycles. The Labute approximate surface area is 101 Å². The van der Waals surface area contributed by atoms with Crippen molar-refractivity contribution in [3.05, 3.63) is 21.9 Å². The summed E-state index contributed by atoms with van der Waals surface area (Å²) in [5.74, 6) is 0.375. The summed E-state index contributed by atoms with van der Waals surface area (Å²) in [7, 11) is 0. The van der Waals surface area contributed by atoms with Crippen LogP contribution in [0.15, 0.2) is 21.9 Å². The summed E-state index contributed by atoms with van der Waals surface area (Å²) in [5, 5.41) is 0. The van der Waals surface area contributed by atoms with E-state index < -0.39 is 0 Å². The molecule has 1 aliphatic rings. The number of carbonyl (C=O) groups excluding carboxylic acids is 1. The number of allylic oxidation sites excluding steroid dienone is 2. The van der Waals surface area contributed by atoms with Crippen LogP contribution in [0.1, 0.15) is 26.7 Å². The molecule has 0 saturated heterocycles. The molecule has 0 aromatic rings. The van der Waals surface area contributed by atoms with Crippen LogP contribution >= 0.6 is 31.9 Å². The number of ether oxygens (including phenoxy) is 1. The summed E-state index contributed by atoms with van der Waals surface area (Å²) < 4.78 is 5.92. The number of halogens is 2. The van der Waals surface area contributed by atoms with Gasteiger partial charge in [0.1, 0.15) is 5.76 Å². The van der Waals surface area contributed by atoms with E-state index >= 15 is 0 Å². The summed E-state index contributed by atoms with van der Waals surface area (Å²) >= 11 is 6.76. The molecule has 1 rings (SSSR count). The minimum absolute atomic E-state index is 0.101. The summed E-state index contributed by atoms with van der Waals surface area (Å²) in [4.78, 5) is 11.5. The quantitative estimate of drug-likeness (QED) is 0.585. The maximum Gasteiger partial charge on any atom is 0.340 e. The number of rotatable bonds is 3. The van der Waals surface area contributed by atoms with E-state index in [0.29, 0.717) is 11.3 Å². The molecule has 78 valence electrons. The second-order valence-corrected chi connectivity index (χ2v) is 5.44. The average molecular weight is 324 g/mol. The first kappa shape index (κ1) is 12.0. The van der Waals surface area contributed by atoms with Crippen molar-refractivity contribution in [2.45, 2.75) is 31.5 Å². The normalized spacial score (nSPS) is 21.7. The smallest absolute Gasteiger partial charge is 0.340 e. The van der Waals surface area contributed by atoms with Crippen molar-refractivity contribution < 1.29 is 9.53 Å². The van der Waals surface area contributed by atoms with E-state index in [1.165, 1.54) is 0 Å². The number of hydrogen-bond donors (Lipinski definition) is 0. The van der Waals surface area contributed by atoms with Crippen LogP contribution in [-0.4, -0.2) is 10.8 Å². The Bertz CT molecular complexity index is 301. The van der Waals surface area contributed by atoms with Crippen molar-refractivity contribution in [1.29, 1.82) is 0 Å². The summed E-state index contributed by atoms with van der Waals surface area (Å²) in [6.45, 7) is 3.94. The van der Waals surface area contributed by atoms with Gasteiger partial charge in [0.05, 0.1) is 5.57 Å². The number of alkyl halides is 1. The van der Waals surface area contributed by atoms with Crippen molar-refractivity contribution in [2.75, 3.05) is 0 Å². The maximum atomic E-state index is 11.4. The molecule has 4 heteroatoms. The molecule has 1 unspecified atom stereocenters. The van der Waals surface area contributed by atoms with Crippen LogP contribution in [0.3, 0.4) is 0 Å². The van der Waals surface area contributed by atoms with E-state index in [-0.39, 0.29) is 10.8 Å². The third-order valence-electron chi connectivity index (χ3n) is 1.94. The minimum Gasteiger partial charge on any atom is -0.422 e. The van der Waals surface area contributed by atoms with Crippen LogP contribution in [-0.2, 0) is 9.53 Å².